The quantitative estimate of drug-likeness (QED) is 0.707. The third kappa shape index (κ3) is 4.28. The molecular formula is C10H9Br2ClFNS. The number of anilines is 1. The van der Waals surface area contributed by atoms with Crippen LogP contribution >= 0.6 is 55.2 Å². The minimum absolute atomic E-state index is 0.301. The van der Waals surface area contributed by atoms with Gasteiger partial charge in [-0.15, -0.1) is 11.8 Å². The van der Waals surface area contributed by atoms with Crippen LogP contribution in [-0.4, -0.2) is 12.8 Å². The van der Waals surface area contributed by atoms with Gasteiger partial charge in [-0.25, -0.2) is 4.39 Å². The average Bonchev–Trinajstić information content (AvgIpc) is 2.16. The van der Waals surface area contributed by atoms with Crippen LogP contribution in [0, 0.1) is 5.82 Å². The molecule has 0 aliphatic rings. The first kappa shape index (κ1) is 14.4. The van der Waals surface area contributed by atoms with Gasteiger partial charge in [-0.1, -0.05) is 11.6 Å². The molecule has 0 aliphatic carbocycles. The van der Waals surface area contributed by atoms with E-state index in [-0.39, 0.29) is 5.82 Å². The summed E-state index contributed by atoms with van der Waals surface area (Å²) in [7, 11) is 0. The molecule has 0 aliphatic heterocycles. The second-order valence-corrected chi connectivity index (χ2v) is 6.84. The molecule has 0 radical (unpaired) electrons. The molecule has 0 bridgehead atoms. The van der Waals surface area contributed by atoms with E-state index < -0.39 is 0 Å². The minimum atomic E-state index is -0.301. The van der Waals surface area contributed by atoms with Crippen LogP contribution in [-0.2, 0) is 0 Å². The van der Waals surface area contributed by atoms with Crippen LogP contribution in [0.15, 0.2) is 26.5 Å². The molecule has 1 aromatic rings. The highest BCUT2D eigenvalue weighted by atomic mass is 79.9. The molecule has 0 heterocycles. The molecule has 0 amide bonds. The van der Waals surface area contributed by atoms with Gasteiger partial charge in [0.25, 0.3) is 0 Å². The molecule has 1 N–H and O–H groups in total. The molecular weight excluding hydrogens is 380 g/mol. The average molecular weight is 390 g/mol. The number of benzene rings is 1. The van der Waals surface area contributed by atoms with Crippen LogP contribution in [0.25, 0.3) is 0 Å². The van der Waals surface area contributed by atoms with E-state index in [1.165, 1.54) is 17.8 Å². The Labute approximate surface area is 120 Å². The molecule has 0 saturated heterocycles. The predicted octanol–water partition coefficient (Wildman–Crippen LogP) is 5.24. The number of hydrogen-bond donors (Lipinski definition) is 1. The van der Waals surface area contributed by atoms with Gasteiger partial charge in [0.2, 0.25) is 0 Å². The third-order valence-corrected chi connectivity index (χ3v) is 3.65. The Hall–Kier alpha value is 0.290. The Bertz CT molecular complexity index is 385. The lowest BCUT2D eigenvalue weighted by atomic mass is 10.3. The monoisotopic (exact) mass is 387 g/mol. The SMILES string of the molecule is CSc1c(F)cc(NCC=C(Br)Br)cc1Cl. The van der Waals surface area contributed by atoms with Crippen molar-refractivity contribution >= 4 is 60.9 Å². The van der Waals surface area contributed by atoms with Crippen molar-refractivity contribution in [3.8, 4) is 0 Å². The van der Waals surface area contributed by atoms with E-state index in [0.717, 1.165) is 3.39 Å². The van der Waals surface area contributed by atoms with Crippen LogP contribution in [0.4, 0.5) is 10.1 Å². The van der Waals surface area contributed by atoms with Crippen molar-refractivity contribution in [1.29, 1.82) is 0 Å². The Balaban J connectivity index is 2.80. The number of rotatable bonds is 4. The largest absolute Gasteiger partial charge is 0.381 e. The van der Waals surface area contributed by atoms with Crippen LogP contribution in [0.2, 0.25) is 5.02 Å². The summed E-state index contributed by atoms with van der Waals surface area (Å²) in [5.74, 6) is -0.301. The molecule has 1 rings (SSSR count). The summed E-state index contributed by atoms with van der Waals surface area (Å²) in [6.45, 7) is 0.584. The molecule has 6 heteroatoms. The van der Waals surface area contributed by atoms with E-state index >= 15 is 0 Å². The van der Waals surface area contributed by atoms with Crippen molar-refractivity contribution in [3.05, 3.63) is 32.4 Å². The summed E-state index contributed by atoms with van der Waals surface area (Å²) in [5, 5.41) is 3.47. The highest BCUT2D eigenvalue weighted by molar-refractivity contribution is 9.28. The first-order chi connectivity index (χ1) is 7.54. The van der Waals surface area contributed by atoms with Crippen molar-refractivity contribution < 1.29 is 4.39 Å². The van der Waals surface area contributed by atoms with Gasteiger partial charge in [0.15, 0.2) is 0 Å². The smallest absolute Gasteiger partial charge is 0.140 e. The zero-order chi connectivity index (χ0) is 12.1. The van der Waals surface area contributed by atoms with Gasteiger partial charge in [0.05, 0.1) is 13.3 Å². The van der Waals surface area contributed by atoms with Gasteiger partial charge >= 0.3 is 0 Å². The molecule has 0 fully saturated rings. The van der Waals surface area contributed by atoms with E-state index in [2.05, 4.69) is 37.2 Å². The molecule has 0 saturated carbocycles. The van der Waals surface area contributed by atoms with E-state index in [1.54, 1.807) is 12.3 Å². The maximum absolute atomic E-state index is 13.5. The Morgan fingerprint density at radius 2 is 2.25 bits per heavy atom. The van der Waals surface area contributed by atoms with Crippen LogP contribution < -0.4 is 5.32 Å². The second kappa shape index (κ2) is 6.89. The predicted molar refractivity (Wildman–Crippen MR) is 77.6 cm³/mol. The van der Waals surface area contributed by atoms with E-state index in [1.807, 2.05) is 6.08 Å². The summed E-state index contributed by atoms with van der Waals surface area (Å²) in [6, 6.07) is 3.15. The fourth-order valence-electron chi connectivity index (χ4n) is 1.10. The van der Waals surface area contributed by atoms with Gasteiger partial charge in [-0.05, 0) is 56.3 Å². The molecule has 0 atom stereocenters. The Kier molecular flexibility index (Phi) is 6.18. The normalized spacial score (nSPS) is 10.1. The second-order valence-electron chi connectivity index (χ2n) is 2.85. The summed E-state index contributed by atoms with van der Waals surface area (Å²) in [4.78, 5) is 0.476. The van der Waals surface area contributed by atoms with Gasteiger partial charge in [-0.3, -0.25) is 0 Å². The molecule has 0 unspecified atom stereocenters. The van der Waals surface area contributed by atoms with Crippen LogP contribution in [0.1, 0.15) is 0 Å². The van der Waals surface area contributed by atoms with E-state index in [0.29, 0.717) is 22.2 Å². The molecule has 88 valence electrons. The molecule has 0 spiro atoms. The molecule has 16 heavy (non-hydrogen) atoms. The Morgan fingerprint density at radius 3 is 2.75 bits per heavy atom. The van der Waals surface area contributed by atoms with Crippen LogP contribution in [0.3, 0.4) is 0 Å². The van der Waals surface area contributed by atoms with Crippen molar-refractivity contribution in [2.75, 3.05) is 18.1 Å². The first-order valence-corrected chi connectivity index (χ1v) is 7.51. The standard InChI is InChI=1S/C10H9Br2ClFNS/c1-16-10-7(13)4-6(5-8(10)14)15-3-2-9(11)12/h2,4-5,15H,3H2,1H3. The summed E-state index contributed by atoms with van der Waals surface area (Å²) in [6.07, 6.45) is 3.66. The lowest BCUT2D eigenvalue weighted by molar-refractivity contribution is 0.603. The van der Waals surface area contributed by atoms with Crippen molar-refractivity contribution in [2.24, 2.45) is 0 Å². The lowest BCUT2D eigenvalue weighted by Crippen LogP contribution is -1.99. The summed E-state index contributed by atoms with van der Waals surface area (Å²) < 4.78 is 14.4. The van der Waals surface area contributed by atoms with Gasteiger partial charge in [-0.2, -0.15) is 0 Å². The van der Waals surface area contributed by atoms with E-state index in [4.69, 9.17) is 11.6 Å². The van der Waals surface area contributed by atoms with Crippen molar-refractivity contribution in [2.45, 2.75) is 4.90 Å². The lowest BCUT2D eigenvalue weighted by Gasteiger charge is -2.08. The maximum atomic E-state index is 13.5. The number of halogens is 4. The summed E-state index contributed by atoms with van der Waals surface area (Å²) in [5.41, 5.74) is 0.665. The first-order valence-electron chi connectivity index (χ1n) is 4.32. The van der Waals surface area contributed by atoms with Crippen molar-refractivity contribution in [1.82, 2.24) is 0 Å². The number of hydrogen-bond acceptors (Lipinski definition) is 2. The number of nitrogens with one attached hydrogen (secondary N) is 1. The van der Waals surface area contributed by atoms with Gasteiger partial charge in [0.1, 0.15) is 5.82 Å². The summed E-state index contributed by atoms with van der Waals surface area (Å²) >= 11 is 13.7. The van der Waals surface area contributed by atoms with Gasteiger partial charge in [0, 0.05) is 12.2 Å². The van der Waals surface area contributed by atoms with Crippen molar-refractivity contribution in [3.63, 3.8) is 0 Å². The topological polar surface area (TPSA) is 12.0 Å². The Morgan fingerprint density at radius 1 is 1.56 bits per heavy atom. The zero-order valence-corrected chi connectivity index (χ0v) is 13.1. The number of thioether (sulfide) groups is 1. The van der Waals surface area contributed by atoms with E-state index in [9.17, 15) is 4.39 Å². The van der Waals surface area contributed by atoms with Crippen LogP contribution in [0.5, 0.6) is 0 Å². The fourth-order valence-corrected chi connectivity index (χ4v) is 2.37. The third-order valence-electron chi connectivity index (χ3n) is 1.76. The van der Waals surface area contributed by atoms with Gasteiger partial charge < -0.3 is 5.32 Å². The zero-order valence-electron chi connectivity index (χ0n) is 8.36. The molecule has 0 aromatic heterocycles. The fraction of sp³-hybridized carbons (Fsp3) is 0.200. The molecule has 1 aromatic carbocycles. The highest BCUT2D eigenvalue weighted by Crippen LogP contribution is 2.31. The molecule has 1 nitrogen and oxygen atoms in total. The maximum Gasteiger partial charge on any atom is 0.140 e. The minimum Gasteiger partial charge on any atom is -0.381 e. The highest BCUT2D eigenvalue weighted by Gasteiger charge is 2.07.